The number of nitrogens with one attached hydrogen (secondary N) is 2. The molecule has 1 aliphatic rings. The maximum absolute atomic E-state index is 12.2. The number of carbonyl (C=O) groups excluding carboxylic acids is 3. The van der Waals surface area contributed by atoms with Gasteiger partial charge in [-0.05, 0) is 78.4 Å². The van der Waals surface area contributed by atoms with Gasteiger partial charge in [0.2, 0.25) is 5.91 Å². The van der Waals surface area contributed by atoms with Crippen LogP contribution in [0.1, 0.15) is 22.8 Å². The lowest BCUT2D eigenvalue weighted by Gasteiger charge is -2.21. The maximum atomic E-state index is 12.2. The normalized spacial score (nSPS) is 15.5. The van der Waals surface area contributed by atoms with Gasteiger partial charge in [0.25, 0.3) is 5.91 Å². The van der Waals surface area contributed by atoms with Gasteiger partial charge in [-0.25, -0.2) is 4.79 Å². The van der Waals surface area contributed by atoms with E-state index in [9.17, 15) is 14.4 Å². The minimum absolute atomic E-state index is 0.106. The first kappa shape index (κ1) is 19.7. The summed E-state index contributed by atoms with van der Waals surface area (Å²) in [5, 5.41) is 5.31. The number of esters is 1. The molecule has 0 spiro atoms. The van der Waals surface area contributed by atoms with E-state index in [0.717, 1.165) is 14.0 Å². The molecule has 27 heavy (non-hydrogen) atoms. The zero-order valence-electron chi connectivity index (χ0n) is 14.7. The first-order valence-corrected chi connectivity index (χ1v) is 10.1. The molecule has 2 aromatic carbocycles. The molecule has 1 heterocycles. The van der Waals surface area contributed by atoms with Crippen LogP contribution in [0.2, 0.25) is 0 Å². The van der Waals surface area contributed by atoms with Gasteiger partial charge < -0.3 is 15.4 Å². The minimum atomic E-state index is -0.620. The third-order valence-corrected chi connectivity index (χ3v) is 5.79. The van der Waals surface area contributed by atoms with Crippen LogP contribution in [0, 0.1) is 10.5 Å². The van der Waals surface area contributed by atoms with Crippen molar-refractivity contribution < 1.29 is 19.1 Å². The maximum Gasteiger partial charge on any atom is 0.338 e. The van der Waals surface area contributed by atoms with E-state index in [0.29, 0.717) is 11.4 Å². The molecule has 3 rings (SSSR count). The van der Waals surface area contributed by atoms with E-state index in [1.54, 1.807) is 18.2 Å². The van der Waals surface area contributed by atoms with Gasteiger partial charge in [-0.2, -0.15) is 0 Å². The Kier molecular flexibility index (Phi) is 6.05. The number of hydrogen-bond acceptors (Lipinski definition) is 5. The summed E-state index contributed by atoms with van der Waals surface area (Å²) in [6, 6.07) is 10.6. The van der Waals surface area contributed by atoms with Gasteiger partial charge in [-0.1, -0.05) is 0 Å². The third kappa shape index (κ3) is 4.81. The van der Waals surface area contributed by atoms with Crippen LogP contribution >= 0.6 is 34.4 Å². The lowest BCUT2D eigenvalue weighted by molar-refractivity contribution is -0.119. The lowest BCUT2D eigenvalue weighted by atomic mass is 10.2. The Bertz CT molecular complexity index is 932. The Hall–Kier alpha value is -2.07. The van der Waals surface area contributed by atoms with E-state index in [1.165, 1.54) is 11.8 Å². The van der Waals surface area contributed by atoms with Crippen molar-refractivity contribution in [3.8, 4) is 0 Å². The Morgan fingerprint density at radius 1 is 1.26 bits per heavy atom. The Balaban J connectivity index is 1.60. The second-order valence-corrected chi connectivity index (χ2v) is 8.67. The van der Waals surface area contributed by atoms with Crippen molar-refractivity contribution in [1.82, 2.24) is 0 Å². The van der Waals surface area contributed by atoms with Crippen LogP contribution in [0.15, 0.2) is 41.3 Å². The molecule has 6 nitrogen and oxygen atoms in total. The van der Waals surface area contributed by atoms with Gasteiger partial charge in [-0.15, -0.1) is 11.8 Å². The zero-order chi connectivity index (χ0) is 19.6. The summed E-state index contributed by atoms with van der Waals surface area (Å²) in [5.74, 6) is -1.14. The van der Waals surface area contributed by atoms with Crippen LogP contribution in [0.25, 0.3) is 0 Å². The predicted octanol–water partition coefficient (Wildman–Crippen LogP) is 3.83. The molecule has 0 bridgehead atoms. The van der Waals surface area contributed by atoms with Crippen LogP contribution in [0.5, 0.6) is 0 Å². The summed E-state index contributed by atoms with van der Waals surface area (Å²) >= 11 is 3.63. The van der Waals surface area contributed by atoms with Gasteiger partial charge in [0.05, 0.1) is 16.5 Å². The second-order valence-electron chi connectivity index (χ2n) is 6.04. The number of rotatable bonds is 4. The van der Waals surface area contributed by atoms with E-state index in [4.69, 9.17) is 4.74 Å². The van der Waals surface area contributed by atoms with Gasteiger partial charge in [0.15, 0.2) is 6.61 Å². The van der Waals surface area contributed by atoms with Crippen molar-refractivity contribution in [3.05, 3.63) is 51.1 Å². The summed E-state index contributed by atoms with van der Waals surface area (Å²) in [5.41, 5.74) is 2.47. The number of anilines is 2. The largest absolute Gasteiger partial charge is 0.452 e. The fourth-order valence-electron chi connectivity index (χ4n) is 2.50. The number of thioether (sulfide) groups is 1. The van der Waals surface area contributed by atoms with Crippen LogP contribution in [-0.2, 0) is 14.3 Å². The SMILES string of the molecule is Cc1cc(I)ccc1NC(=O)COC(=O)c1ccc2c(c1)NC(=O)C(C)S2. The fourth-order valence-corrected chi connectivity index (χ4v) is 4.08. The highest BCUT2D eigenvalue weighted by molar-refractivity contribution is 14.1. The minimum Gasteiger partial charge on any atom is -0.452 e. The molecule has 140 valence electrons. The van der Waals surface area contributed by atoms with E-state index >= 15 is 0 Å². The third-order valence-electron chi connectivity index (χ3n) is 3.94. The Labute approximate surface area is 174 Å². The van der Waals surface area contributed by atoms with E-state index in [-0.39, 0.29) is 23.3 Å². The molecule has 0 fully saturated rings. The summed E-state index contributed by atoms with van der Waals surface area (Å²) in [7, 11) is 0. The van der Waals surface area contributed by atoms with Gasteiger partial charge in [-0.3, -0.25) is 9.59 Å². The topological polar surface area (TPSA) is 84.5 Å². The smallest absolute Gasteiger partial charge is 0.338 e. The molecular formula is C19H17IN2O4S. The Morgan fingerprint density at radius 3 is 2.78 bits per heavy atom. The van der Waals surface area contributed by atoms with Crippen molar-refractivity contribution in [2.24, 2.45) is 0 Å². The molecule has 0 aliphatic carbocycles. The molecule has 1 unspecified atom stereocenters. The number of hydrogen-bond donors (Lipinski definition) is 2. The first-order chi connectivity index (χ1) is 12.8. The first-order valence-electron chi connectivity index (χ1n) is 8.18. The number of aryl methyl sites for hydroxylation is 1. The van der Waals surface area contributed by atoms with Crippen molar-refractivity contribution >= 4 is 63.5 Å². The molecule has 0 saturated carbocycles. The molecule has 1 aliphatic heterocycles. The van der Waals surface area contributed by atoms with Crippen molar-refractivity contribution in [1.29, 1.82) is 0 Å². The standard InChI is InChI=1S/C19H17IN2O4S/c1-10-7-13(20)4-5-14(10)21-17(23)9-26-19(25)12-3-6-16-15(8-12)22-18(24)11(2)27-16/h3-8,11H,9H2,1-2H3,(H,21,23)(H,22,24). The average molecular weight is 496 g/mol. The number of carbonyl (C=O) groups is 3. The van der Waals surface area contributed by atoms with E-state index in [1.807, 2.05) is 32.0 Å². The van der Waals surface area contributed by atoms with Gasteiger partial charge in [0.1, 0.15) is 0 Å². The molecule has 1 atom stereocenters. The molecular weight excluding hydrogens is 479 g/mol. The highest BCUT2D eigenvalue weighted by Gasteiger charge is 2.24. The predicted molar refractivity (Wildman–Crippen MR) is 113 cm³/mol. The van der Waals surface area contributed by atoms with Crippen LogP contribution in [0.4, 0.5) is 11.4 Å². The monoisotopic (exact) mass is 496 g/mol. The molecule has 0 saturated heterocycles. The van der Waals surface area contributed by atoms with E-state index in [2.05, 4.69) is 33.2 Å². The average Bonchev–Trinajstić information content (AvgIpc) is 2.62. The number of fused-ring (bicyclic) bond motifs is 1. The fraction of sp³-hybridized carbons (Fsp3) is 0.211. The highest BCUT2D eigenvalue weighted by Crippen LogP contribution is 2.36. The zero-order valence-corrected chi connectivity index (χ0v) is 17.6. The molecule has 2 amide bonds. The molecule has 2 N–H and O–H groups in total. The molecule has 8 heteroatoms. The van der Waals surface area contributed by atoms with Crippen LogP contribution in [-0.4, -0.2) is 29.6 Å². The quantitative estimate of drug-likeness (QED) is 0.497. The second kappa shape index (κ2) is 8.30. The highest BCUT2D eigenvalue weighted by atomic mass is 127. The van der Waals surface area contributed by atoms with E-state index < -0.39 is 11.9 Å². The number of amides is 2. The summed E-state index contributed by atoms with van der Waals surface area (Å²) < 4.78 is 6.16. The number of benzene rings is 2. The van der Waals surface area contributed by atoms with Crippen LogP contribution < -0.4 is 10.6 Å². The number of ether oxygens (including phenoxy) is 1. The van der Waals surface area contributed by atoms with Gasteiger partial charge in [0, 0.05) is 14.2 Å². The molecule has 0 aromatic heterocycles. The Morgan fingerprint density at radius 2 is 2.04 bits per heavy atom. The molecule has 2 aromatic rings. The van der Waals surface area contributed by atoms with Gasteiger partial charge >= 0.3 is 5.97 Å². The molecule has 0 radical (unpaired) electrons. The summed E-state index contributed by atoms with van der Waals surface area (Å²) in [6.45, 7) is 3.32. The van der Waals surface area contributed by atoms with Crippen molar-refractivity contribution in [3.63, 3.8) is 0 Å². The van der Waals surface area contributed by atoms with Crippen molar-refractivity contribution in [2.75, 3.05) is 17.2 Å². The van der Waals surface area contributed by atoms with Crippen LogP contribution in [0.3, 0.4) is 0 Å². The number of halogens is 1. The summed E-state index contributed by atoms with van der Waals surface area (Å²) in [4.78, 5) is 36.9. The summed E-state index contributed by atoms with van der Waals surface area (Å²) in [6.07, 6.45) is 0. The lowest BCUT2D eigenvalue weighted by Crippen LogP contribution is -2.26. The van der Waals surface area contributed by atoms with Crippen molar-refractivity contribution in [2.45, 2.75) is 24.0 Å².